The van der Waals surface area contributed by atoms with E-state index in [0.717, 1.165) is 4.55 Å². The molecule has 0 saturated heterocycles. The maximum Gasteiger partial charge on any atom is 0.256 e. The molecule has 0 radical (unpaired) electrons. The molecule has 0 N–H and O–H groups in total. The third-order valence-electron chi connectivity index (χ3n) is 1.02. The normalized spacial score (nSPS) is 10.0. The number of hydrogen-bond acceptors (Lipinski definition) is 1. The smallest absolute Gasteiger partial charge is 0.227 e. The number of alkyl halides is 1. The molecule has 0 spiro atoms. The quantitative estimate of drug-likeness (QED) is 0.439. The van der Waals surface area contributed by atoms with Crippen molar-refractivity contribution >= 4 is 34.5 Å². The van der Waals surface area contributed by atoms with Gasteiger partial charge in [0.2, 0.25) is 0 Å². The second-order valence-electron chi connectivity index (χ2n) is 1.59. The lowest BCUT2D eigenvalue weighted by molar-refractivity contribution is -0.669. The molecule has 0 atom stereocenters. The Bertz CT molecular complexity index is 168. The number of hydrogen-bond donors (Lipinski definition) is 0. The Balaban J connectivity index is 2.74. The fourth-order valence-electron chi connectivity index (χ4n) is 0.553. The number of nitrogens with zero attached hydrogens (tertiary/aromatic N) is 2. The summed E-state index contributed by atoms with van der Waals surface area (Å²) in [5, 5.41) is 0. The van der Waals surface area contributed by atoms with Gasteiger partial charge in [-0.15, -0.1) is 0 Å². The van der Waals surface area contributed by atoms with Gasteiger partial charge in [0.25, 0.3) is 6.33 Å². The average molecular weight is 255 g/mol. The van der Waals surface area contributed by atoms with E-state index in [2.05, 4.69) is 49.9 Å². The molecule has 1 rings (SSSR count). The van der Waals surface area contributed by atoms with Crippen molar-refractivity contribution in [1.29, 1.82) is 0 Å². The second-order valence-corrected chi connectivity index (χ2v) is 3.06. The van der Waals surface area contributed by atoms with Crippen LogP contribution in [0.1, 0.15) is 0 Å². The Kier molecular flexibility index (Phi) is 2.84. The molecule has 0 unspecified atom stereocenters. The Morgan fingerprint density at radius 2 is 2.56 bits per heavy atom. The first-order valence-corrected chi connectivity index (χ1v) is 5.25. The van der Waals surface area contributed by atoms with E-state index >= 15 is 0 Å². The summed E-state index contributed by atoms with van der Waals surface area (Å²) in [4.78, 5) is 0. The number of imidazole rings is 1. The van der Waals surface area contributed by atoms with Gasteiger partial charge in [-0.1, -0.05) is 0 Å². The minimum atomic E-state index is 1.02. The molecule has 0 aliphatic rings. The first kappa shape index (κ1) is 7.40. The highest BCUT2D eigenvalue weighted by atomic mass is 127. The molecular formula is C5H8IN2S+. The van der Waals surface area contributed by atoms with Crippen molar-refractivity contribution in [2.75, 3.05) is 6.26 Å². The van der Waals surface area contributed by atoms with Crippen LogP contribution < -0.4 is 4.57 Å². The lowest BCUT2D eigenvalue weighted by Gasteiger charge is -1.82. The molecule has 0 aliphatic heterocycles. The van der Waals surface area contributed by atoms with Crippen LogP contribution in [0.5, 0.6) is 0 Å². The van der Waals surface area contributed by atoms with E-state index in [4.69, 9.17) is 0 Å². The van der Waals surface area contributed by atoms with Gasteiger partial charge < -0.3 is 0 Å². The van der Waals surface area contributed by atoms with Crippen LogP contribution in [0, 0.1) is 0 Å². The van der Waals surface area contributed by atoms with Crippen molar-refractivity contribution in [2.24, 2.45) is 0 Å². The standard InChI is InChI=1S/C5H8IN2S/c1-9-8-3-2-7(4-6)5-8/h2-3,5H,4H2,1H3/q+1. The number of halogens is 1. The molecule has 0 aliphatic carbocycles. The van der Waals surface area contributed by atoms with Gasteiger partial charge in [0.1, 0.15) is 16.9 Å². The van der Waals surface area contributed by atoms with E-state index in [0.29, 0.717) is 0 Å². The van der Waals surface area contributed by atoms with Crippen LogP contribution in [0.25, 0.3) is 0 Å². The lowest BCUT2D eigenvalue weighted by atomic mass is 10.9. The molecule has 1 heterocycles. The highest BCUT2D eigenvalue weighted by molar-refractivity contribution is 14.1. The fraction of sp³-hybridized carbons (Fsp3) is 0.400. The fourth-order valence-corrected chi connectivity index (χ4v) is 1.35. The van der Waals surface area contributed by atoms with Crippen molar-refractivity contribution < 1.29 is 4.57 Å². The Morgan fingerprint density at radius 3 is 2.89 bits per heavy atom. The lowest BCUT2D eigenvalue weighted by Crippen LogP contribution is -2.26. The third-order valence-corrected chi connectivity index (χ3v) is 2.44. The summed E-state index contributed by atoms with van der Waals surface area (Å²) in [7, 11) is 0. The Hall–Kier alpha value is 0.290. The minimum absolute atomic E-state index is 1.02. The van der Waals surface area contributed by atoms with Gasteiger partial charge in [-0.25, -0.2) is 4.57 Å². The first-order valence-electron chi connectivity index (χ1n) is 2.54. The molecule has 1 aromatic rings. The van der Waals surface area contributed by atoms with Crippen LogP contribution in [0.3, 0.4) is 0 Å². The molecule has 50 valence electrons. The summed E-state index contributed by atoms with van der Waals surface area (Å²) in [5.41, 5.74) is 0. The maximum atomic E-state index is 2.32. The summed E-state index contributed by atoms with van der Waals surface area (Å²) in [6, 6.07) is 0. The Labute approximate surface area is 72.5 Å². The molecule has 0 aromatic carbocycles. The second kappa shape index (κ2) is 3.46. The molecule has 0 saturated carbocycles. The van der Waals surface area contributed by atoms with Gasteiger partial charge in [-0.3, -0.25) is 0 Å². The SMILES string of the molecule is CSn1cc[n+](CI)c1. The van der Waals surface area contributed by atoms with Gasteiger partial charge in [0.05, 0.1) is 11.9 Å². The zero-order chi connectivity index (χ0) is 6.69. The van der Waals surface area contributed by atoms with Gasteiger partial charge in [0.15, 0.2) is 0 Å². The predicted molar refractivity (Wildman–Crippen MR) is 47.6 cm³/mol. The van der Waals surface area contributed by atoms with E-state index in [1.807, 2.05) is 6.20 Å². The highest BCUT2D eigenvalue weighted by Crippen LogP contribution is 1.96. The number of rotatable bonds is 2. The van der Waals surface area contributed by atoms with Gasteiger partial charge >= 0.3 is 0 Å². The largest absolute Gasteiger partial charge is 0.256 e. The predicted octanol–water partition coefficient (Wildman–Crippen LogP) is 1.29. The molecule has 0 amide bonds. The molecule has 4 heteroatoms. The van der Waals surface area contributed by atoms with Crippen LogP contribution in [0.2, 0.25) is 0 Å². The summed E-state index contributed by atoms with van der Waals surface area (Å²) < 4.78 is 5.21. The average Bonchev–Trinajstić information content (AvgIpc) is 2.34. The molecular weight excluding hydrogens is 247 g/mol. The molecule has 0 fully saturated rings. The van der Waals surface area contributed by atoms with Crippen molar-refractivity contribution in [3.05, 3.63) is 18.7 Å². The van der Waals surface area contributed by atoms with Crippen molar-refractivity contribution in [2.45, 2.75) is 4.55 Å². The van der Waals surface area contributed by atoms with E-state index < -0.39 is 0 Å². The van der Waals surface area contributed by atoms with E-state index in [1.165, 1.54) is 0 Å². The van der Waals surface area contributed by atoms with Crippen molar-refractivity contribution in [1.82, 2.24) is 3.97 Å². The molecule has 9 heavy (non-hydrogen) atoms. The summed E-state index contributed by atoms with van der Waals surface area (Å²) in [5.74, 6) is 0. The molecule has 2 nitrogen and oxygen atoms in total. The van der Waals surface area contributed by atoms with Crippen LogP contribution >= 0.6 is 34.5 Å². The first-order chi connectivity index (χ1) is 4.36. The van der Waals surface area contributed by atoms with E-state index in [1.54, 1.807) is 11.9 Å². The van der Waals surface area contributed by atoms with Gasteiger partial charge in [-0.2, -0.15) is 3.97 Å². The van der Waals surface area contributed by atoms with Crippen LogP contribution in [0.15, 0.2) is 18.7 Å². The summed E-state index contributed by atoms with van der Waals surface area (Å²) in [6.45, 7) is 0. The van der Waals surface area contributed by atoms with Crippen LogP contribution in [-0.4, -0.2) is 10.2 Å². The van der Waals surface area contributed by atoms with Crippen LogP contribution in [-0.2, 0) is 4.55 Å². The minimum Gasteiger partial charge on any atom is -0.227 e. The monoisotopic (exact) mass is 255 g/mol. The van der Waals surface area contributed by atoms with Crippen molar-refractivity contribution in [3.8, 4) is 0 Å². The zero-order valence-corrected chi connectivity index (χ0v) is 8.09. The summed E-state index contributed by atoms with van der Waals surface area (Å²) in [6.07, 6.45) is 8.22. The summed E-state index contributed by atoms with van der Waals surface area (Å²) >= 11 is 4.02. The third kappa shape index (κ3) is 1.86. The topological polar surface area (TPSA) is 8.81 Å². The number of aromatic nitrogens is 2. The molecule has 0 bridgehead atoms. The van der Waals surface area contributed by atoms with Crippen molar-refractivity contribution in [3.63, 3.8) is 0 Å². The van der Waals surface area contributed by atoms with Crippen LogP contribution in [0.4, 0.5) is 0 Å². The van der Waals surface area contributed by atoms with Gasteiger partial charge in [0, 0.05) is 6.26 Å². The maximum absolute atomic E-state index is 2.32. The Morgan fingerprint density at radius 1 is 1.78 bits per heavy atom. The molecule has 1 aromatic heterocycles. The van der Waals surface area contributed by atoms with E-state index in [-0.39, 0.29) is 0 Å². The van der Waals surface area contributed by atoms with E-state index in [9.17, 15) is 0 Å². The van der Waals surface area contributed by atoms with Gasteiger partial charge in [-0.05, 0) is 22.6 Å². The highest BCUT2D eigenvalue weighted by Gasteiger charge is 1.97. The zero-order valence-electron chi connectivity index (χ0n) is 5.12.